The van der Waals surface area contributed by atoms with Gasteiger partial charge in [-0.1, -0.05) is 48.0 Å². The number of hydrogen-bond acceptors (Lipinski definition) is 2. The van der Waals surface area contributed by atoms with Crippen molar-refractivity contribution in [3.05, 3.63) is 65.2 Å². The molecule has 0 bridgehead atoms. The Bertz CT molecular complexity index is 551. The van der Waals surface area contributed by atoms with Gasteiger partial charge in [-0.25, -0.2) is 0 Å². The number of nitrogens with one attached hydrogen (secondary N) is 1. The minimum absolute atomic E-state index is 0.0772. The zero-order chi connectivity index (χ0) is 14.4. The largest absolute Gasteiger partial charge is 0.392 e. The maximum absolute atomic E-state index is 9.33. The van der Waals surface area contributed by atoms with Crippen LogP contribution in [0.3, 0.4) is 0 Å². The predicted octanol–water partition coefficient (Wildman–Crippen LogP) is 3.92. The first kappa shape index (κ1) is 14.6. The van der Waals surface area contributed by atoms with Crippen molar-refractivity contribution in [2.24, 2.45) is 0 Å². The molecule has 2 aromatic rings. The van der Waals surface area contributed by atoms with Crippen LogP contribution >= 0.6 is 0 Å². The van der Waals surface area contributed by atoms with Crippen molar-refractivity contribution in [2.75, 3.05) is 5.32 Å². The molecule has 0 heterocycles. The lowest BCUT2D eigenvalue weighted by Gasteiger charge is -2.17. The van der Waals surface area contributed by atoms with Crippen LogP contribution in [0.1, 0.15) is 30.0 Å². The molecule has 2 N–H and O–H groups in total. The third-order valence-electron chi connectivity index (χ3n) is 3.54. The maximum atomic E-state index is 9.33. The van der Waals surface area contributed by atoms with E-state index in [1.807, 2.05) is 24.3 Å². The van der Waals surface area contributed by atoms with Crippen LogP contribution in [0.4, 0.5) is 5.69 Å². The fourth-order valence-corrected chi connectivity index (χ4v) is 2.39. The Labute approximate surface area is 121 Å². The molecule has 2 aromatic carbocycles. The molecular weight excluding hydrogens is 246 g/mol. The van der Waals surface area contributed by atoms with Crippen LogP contribution in [0.25, 0.3) is 0 Å². The second-order valence-electron chi connectivity index (χ2n) is 5.39. The molecule has 106 valence electrons. The summed E-state index contributed by atoms with van der Waals surface area (Å²) < 4.78 is 0. The normalized spacial score (nSPS) is 12.2. The van der Waals surface area contributed by atoms with Gasteiger partial charge in [0.25, 0.3) is 0 Å². The molecule has 20 heavy (non-hydrogen) atoms. The SMILES string of the molecule is Cc1cccc(CCC(C)Nc2ccccc2CO)c1. The first-order valence-electron chi connectivity index (χ1n) is 7.20. The highest BCUT2D eigenvalue weighted by molar-refractivity contribution is 5.51. The van der Waals surface area contributed by atoms with Gasteiger partial charge < -0.3 is 10.4 Å². The van der Waals surface area contributed by atoms with E-state index in [0.29, 0.717) is 6.04 Å². The summed E-state index contributed by atoms with van der Waals surface area (Å²) in [6, 6.07) is 17.0. The van der Waals surface area contributed by atoms with Crippen molar-refractivity contribution in [2.45, 2.75) is 39.3 Å². The van der Waals surface area contributed by atoms with Crippen LogP contribution in [0.2, 0.25) is 0 Å². The number of aliphatic hydroxyl groups is 1. The quantitative estimate of drug-likeness (QED) is 0.833. The Hall–Kier alpha value is -1.80. The third kappa shape index (κ3) is 4.10. The third-order valence-corrected chi connectivity index (χ3v) is 3.54. The molecule has 0 aromatic heterocycles. The number of benzene rings is 2. The van der Waals surface area contributed by atoms with Gasteiger partial charge in [0.15, 0.2) is 0 Å². The lowest BCUT2D eigenvalue weighted by Crippen LogP contribution is -2.17. The van der Waals surface area contributed by atoms with E-state index >= 15 is 0 Å². The Morgan fingerprint density at radius 3 is 2.65 bits per heavy atom. The van der Waals surface area contributed by atoms with E-state index in [-0.39, 0.29) is 6.61 Å². The van der Waals surface area contributed by atoms with E-state index in [4.69, 9.17) is 0 Å². The van der Waals surface area contributed by atoms with Crippen LogP contribution in [0.5, 0.6) is 0 Å². The van der Waals surface area contributed by atoms with Crippen LogP contribution in [0.15, 0.2) is 48.5 Å². The minimum atomic E-state index is 0.0772. The van der Waals surface area contributed by atoms with Crippen molar-refractivity contribution < 1.29 is 5.11 Å². The van der Waals surface area contributed by atoms with Crippen LogP contribution in [0, 0.1) is 6.92 Å². The van der Waals surface area contributed by atoms with Gasteiger partial charge in [-0.15, -0.1) is 0 Å². The van der Waals surface area contributed by atoms with Crippen molar-refractivity contribution in [3.8, 4) is 0 Å². The number of aryl methyl sites for hydroxylation is 2. The number of rotatable bonds is 6. The van der Waals surface area contributed by atoms with Crippen LogP contribution < -0.4 is 5.32 Å². The molecule has 0 fully saturated rings. The average molecular weight is 269 g/mol. The number of hydrogen-bond donors (Lipinski definition) is 2. The van der Waals surface area contributed by atoms with E-state index in [1.54, 1.807) is 0 Å². The van der Waals surface area contributed by atoms with Crippen LogP contribution in [-0.4, -0.2) is 11.1 Å². The summed E-state index contributed by atoms with van der Waals surface area (Å²) in [4.78, 5) is 0. The van der Waals surface area contributed by atoms with Crippen LogP contribution in [-0.2, 0) is 13.0 Å². The highest BCUT2D eigenvalue weighted by atomic mass is 16.3. The monoisotopic (exact) mass is 269 g/mol. The Kier molecular flexibility index (Phi) is 5.19. The van der Waals surface area contributed by atoms with E-state index in [0.717, 1.165) is 24.1 Å². The lowest BCUT2D eigenvalue weighted by molar-refractivity contribution is 0.282. The van der Waals surface area contributed by atoms with Crippen molar-refractivity contribution in [1.82, 2.24) is 0 Å². The van der Waals surface area contributed by atoms with Gasteiger partial charge in [-0.3, -0.25) is 0 Å². The Morgan fingerprint density at radius 1 is 1.10 bits per heavy atom. The summed E-state index contributed by atoms with van der Waals surface area (Å²) >= 11 is 0. The summed E-state index contributed by atoms with van der Waals surface area (Å²) in [6.07, 6.45) is 2.14. The lowest BCUT2D eigenvalue weighted by atomic mass is 10.0. The standard InChI is InChI=1S/C18H23NO/c1-14-6-5-7-16(12-14)11-10-15(2)19-18-9-4-3-8-17(18)13-20/h3-9,12,15,19-20H,10-11,13H2,1-2H3. The molecule has 2 rings (SSSR count). The second-order valence-corrected chi connectivity index (χ2v) is 5.39. The number of anilines is 1. The van der Waals surface area contributed by atoms with E-state index in [2.05, 4.69) is 43.4 Å². The molecule has 2 heteroatoms. The highest BCUT2D eigenvalue weighted by Gasteiger charge is 2.06. The first-order chi connectivity index (χ1) is 9.69. The van der Waals surface area contributed by atoms with Gasteiger partial charge >= 0.3 is 0 Å². The summed E-state index contributed by atoms with van der Waals surface area (Å²) in [7, 11) is 0. The summed E-state index contributed by atoms with van der Waals surface area (Å²) in [5, 5.41) is 12.8. The van der Waals surface area contributed by atoms with E-state index < -0.39 is 0 Å². The molecule has 0 spiro atoms. The zero-order valence-corrected chi connectivity index (χ0v) is 12.3. The Balaban J connectivity index is 1.91. The van der Waals surface area contributed by atoms with Gasteiger partial charge in [0.2, 0.25) is 0 Å². The summed E-state index contributed by atoms with van der Waals surface area (Å²) in [5.41, 5.74) is 4.68. The molecule has 0 aliphatic heterocycles. The topological polar surface area (TPSA) is 32.3 Å². The predicted molar refractivity (Wildman–Crippen MR) is 84.9 cm³/mol. The molecule has 1 atom stereocenters. The van der Waals surface area contributed by atoms with Gasteiger partial charge in [0, 0.05) is 17.3 Å². The molecule has 0 saturated carbocycles. The second kappa shape index (κ2) is 7.11. The molecule has 0 aliphatic rings. The summed E-state index contributed by atoms with van der Waals surface area (Å²) in [5.74, 6) is 0. The molecule has 2 nitrogen and oxygen atoms in total. The zero-order valence-electron chi connectivity index (χ0n) is 12.3. The van der Waals surface area contributed by atoms with E-state index in [9.17, 15) is 5.11 Å². The first-order valence-corrected chi connectivity index (χ1v) is 7.20. The molecule has 0 aliphatic carbocycles. The number of para-hydroxylation sites is 1. The van der Waals surface area contributed by atoms with Gasteiger partial charge in [0.1, 0.15) is 0 Å². The van der Waals surface area contributed by atoms with Crippen molar-refractivity contribution >= 4 is 5.69 Å². The highest BCUT2D eigenvalue weighted by Crippen LogP contribution is 2.17. The molecule has 1 unspecified atom stereocenters. The average Bonchev–Trinajstić information content (AvgIpc) is 2.46. The molecule has 0 radical (unpaired) electrons. The van der Waals surface area contributed by atoms with Gasteiger partial charge in [-0.2, -0.15) is 0 Å². The number of aliphatic hydroxyl groups excluding tert-OH is 1. The summed E-state index contributed by atoms with van der Waals surface area (Å²) in [6.45, 7) is 4.39. The van der Waals surface area contributed by atoms with Crippen molar-refractivity contribution in [1.29, 1.82) is 0 Å². The fourth-order valence-electron chi connectivity index (χ4n) is 2.39. The van der Waals surface area contributed by atoms with Crippen molar-refractivity contribution in [3.63, 3.8) is 0 Å². The fraction of sp³-hybridized carbons (Fsp3) is 0.333. The Morgan fingerprint density at radius 2 is 1.90 bits per heavy atom. The smallest absolute Gasteiger partial charge is 0.0701 e. The van der Waals surface area contributed by atoms with E-state index in [1.165, 1.54) is 11.1 Å². The van der Waals surface area contributed by atoms with Gasteiger partial charge in [0.05, 0.1) is 6.61 Å². The maximum Gasteiger partial charge on any atom is 0.0701 e. The molecular formula is C18H23NO. The molecule has 0 saturated heterocycles. The molecule has 0 amide bonds. The van der Waals surface area contributed by atoms with Gasteiger partial charge in [-0.05, 0) is 38.3 Å². The minimum Gasteiger partial charge on any atom is -0.392 e.